The van der Waals surface area contributed by atoms with Crippen molar-refractivity contribution < 1.29 is 0 Å². The van der Waals surface area contributed by atoms with Gasteiger partial charge in [-0.1, -0.05) is 30.3 Å². The summed E-state index contributed by atoms with van der Waals surface area (Å²) in [6.45, 7) is 2.08. The largest absolute Gasteiger partial charge is 0.348 e. The maximum Gasteiger partial charge on any atom is 0.225 e. The molecule has 0 fully saturated rings. The summed E-state index contributed by atoms with van der Waals surface area (Å²) in [6, 6.07) is 18.0. The van der Waals surface area contributed by atoms with E-state index in [1.807, 2.05) is 47.0 Å². The van der Waals surface area contributed by atoms with Gasteiger partial charge in [-0.25, -0.2) is 9.97 Å². The molecule has 0 radical (unpaired) electrons. The molecule has 0 saturated heterocycles. The number of tetrazole rings is 1. The Bertz CT molecular complexity index is 1310. The Balaban J connectivity index is 1.49. The van der Waals surface area contributed by atoms with Crippen LogP contribution in [0.25, 0.3) is 28.2 Å². The van der Waals surface area contributed by atoms with E-state index in [0.717, 1.165) is 22.4 Å². The monoisotopic (exact) mass is 397 g/mol. The molecule has 0 bridgehead atoms. The van der Waals surface area contributed by atoms with Crippen LogP contribution >= 0.6 is 0 Å². The Morgan fingerprint density at radius 2 is 1.87 bits per heavy atom. The van der Waals surface area contributed by atoms with E-state index in [1.165, 1.54) is 10.4 Å². The molecule has 0 aliphatic carbocycles. The number of benzene rings is 2. The predicted octanol–water partition coefficient (Wildman–Crippen LogP) is 3.18. The van der Waals surface area contributed by atoms with Crippen LogP contribution in [0.4, 0.5) is 5.95 Å². The maximum absolute atomic E-state index is 4.69. The topological polar surface area (TPSA) is 99.2 Å². The zero-order valence-electron chi connectivity index (χ0n) is 16.5. The number of rotatable bonds is 5. The van der Waals surface area contributed by atoms with Gasteiger partial charge in [-0.15, -0.1) is 10.2 Å². The van der Waals surface area contributed by atoms with Crippen molar-refractivity contribution in [2.75, 3.05) is 5.32 Å². The number of hydrogen-bond acceptors (Lipinski definition) is 7. The fraction of sp³-hybridized carbons (Fsp3) is 0.143. The highest BCUT2D eigenvalue weighted by molar-refractivity contribution is 5.82. The van der Waals surface area contributed by atoms with E-state index >= 15 is 0 Å². The van der Waals surface area contributed by atoms with Crippen molar-refractivity contribution in [2.24, 2.45) is 7.05 Å². The number of nitrogens with one attached hydrogen (secondary N) is 1. The summed E-state index contributed by atoms with van der Waals surface area (Å²) < 4.78 is 1.93. The van der Waals surface area contributed by atoms with Crippen molar-refractivity contribution in [3.8, 4) is 17.2 Å². The molecular formula is C21H19N9. The first-order valence-corrected chi connectivity index (χ1v) is 9.54. The lowest BCUT2D eigenvalue weighted by molar-refractivity contribution is 0.630. The molecule has 0 spiro atoms. The summed E-state index contributed by atoms with van der Waals surface area (Å²) in [5.74, 6) is 1.84. The van der Waals surface area contributed by atoms with E-state index < -0.39 is 0 Å². The molecule has 2 aromatic carbocycles. The molecule has 0 aliphatic rings. The van der Waals surface area contributed by atoms with Gasteiger partial charge in [-0.3, -0.25) is 4.57 Å². The molecule has 0 aliphatic heterocycles. The van der Waals surface area contributed by atoms with Gasteiger partial charge in [-0.05, 0) is 42.0 Å². The lowest BCUT2D eigenvalue weighted by Gasteiger charge is -2.14. The van der Waals surface area contributed by atoms with Gasteiger partial charge in [-0.2, -0.15) is 9.78 Å². The van der Waals surface area contributed by atoms with Crippen LogP contribution in [-0.4, -0.2) is 39.7 Å². The average Bonchev–Trinajstić information content (AvgIpc) is 3.40. The molecule has 9 nitrogen and oxygen atoms in total. The third kappa shape index (κ3) is 3.37. The Morgan fingerprint density at radius 3 is 2.67 bits per heavy atom. The number of fused-ring (bicyclic) bond motifs is 1. The van der Waals surface area contributed by atoms with Crippen LogP contribution < -0.4 is 5.32 Å². The first-order chi connectivity index (χ1) is 14.7. The van der Waals surface area contributed by atoms with Gasteiger partial charge >= 0.3 is 0 Å². The lowest BCUT2D eigenvalue weighted by atomic mass is 10.1. The molecule has 1 atom stereocenters. The number of aromatic nitrogens is 8. The number of imidazole rings is 1. The third-order valence-electron chi connectivity index (χ3n) is 4.85. The standard InChI is InChI=1S/C21H19N9/c1-14(15-6-4-3-5-7-15)24-21-22-11-10-19(25-21)30-13-23-17-9-8-16(12-18(17)30)20-26-28-29(2)27-20/h3-14H,1-2H3,(H,22,24,25). The Kier molecular flexibility index (Phi) is 4.40. The van der Waals surface area contributed by atoms with Crippen molar-refractivity contribution in [3.05, 3.63) is 72.7 Å². The van der Waals surface area contributed by atoms with E-state index in [9.17, 15) is 0 Å². The van der Waals surface area contributed by atoms with Crippen molar-refractivity contribution in [3.63, 3.8) is 0 Å². The van der Waals surface area contributed by atoms with Gasteiger partial charge in [0.25, 0.3) is 0 Å². The minimum absolute atomic E-state index is 0.0790. The van der Waals surface area contributed by atoms with E-state index in [-0.39, 0.29) is 6.04 Å². The molecule has 1 unspecified atom stereocenters. The molecule has 5 aromatic rings. The average molecular weight is 397 g/mol. The second-order valence-electron chi connectivity index (χ2n) is 6.94. The Labute approximate surface area is 172 Å². The summed E-state index contributed by atoms with van der Waals surface area (Å²) in [5, 5.41) is 15.6. The normalized spacial score (nSPS) is 12.2. The molecule has 3 heterocycles. The third-order valence-corrected chi connectivity index (χ3v) is 4.85. The highest BCUT2D eigenvalue weighted by Gasteiger charge is 2.12. The van der Waals surface area contributed by atoms with Crippen LogP contribution in [-0.2, 0) is 7.05 Å². The van der Waals surface area contributed by atoms with Crippen LogP contribution in [0.5, 0.6) is 0 Å². The van der Waals surface area contributed by atoms with E-state index in [2.05, 4.69) is 49.8 Å². The zero-order valence-corrected chi connectivity index (χ0v) is 16.5. The molecule has 9 heteroatoms. The predicted molar refractivity (Wildman–Crippen MR) is 113 cm³/mol. The molecule has 30 heavy (non-hydrogen) atoms. The Hall–Kier alpha value is -4.14. The number of anilines is 1. The second kappa shape index (κ2) is 7.36. The van der Waals surface area contributed by atoms with E-state index in [1.54, 1.807) is 19.6 Å². The Morgan fingerprint density at radius 1 is 1.00 bits per heavy atom. The van der Waals surface area contributed by atoms with E-state index in [0.29, 0.717) is 11.8 Å². The van der Waals surface area contributed by atoms with Crippen molar-refractivity contribution >= 4 is 17.0 Å². The number of aryl methyl sites for hydroxylation is 1. The van der Waals surface area contributed by atoms with Gasteiger partial charge < -0.3 is 5.32 Å². The van der Waals surface area contributed by atoms with Crippen LogP contribution in [0.15, 0.2) is 67.1 Å². The number of hydrogen-bond donors (Lipinski definition) is 1. The SMILES string of the molecule is CC(Nc1nccc(-n2cnc3ccc(-c4nnn(C)n4)cc32)n1)c1ccccc1. The molecule has 5 rings (SSSR count). The molecule has 1 N–H and O–H groups in total. The van der Waals surface area contributed by atoms with Gasteiger partial charge in [0.05, 0.1) is 24.1 Å². The zero-order chi connectivity index (χ0) is 20.5. The summed E-state index contributed by atoms with van der Waals surface area (Å²) in [6.07, 6.45) is 3.49. The van der Waals surface area contributed by atoms with Gasteiger partial charge in [0.1, 0.15) is 12.1 Å². The van der Waals surface area contributed by atoms with E-state index in [4.69, 9.17) is 4.98 Å². The van der Waals surface area contributed by atoms with Gasteiger partial charge in [0.15, 0.2) is 0 Å². The van der Waals surface area contributed by atoms with Crippen molar-refractivity contribution in [1.29, 1.82) is 0 Å². The van der Waals surface area contributed by atoms with Crippen LogP contribution in [0.2, 0.25) is 0 Å². The first-order valence-electron chi connectivity index (χ1n) is 9.54. The summed E-state index contributed by atoms with van der Waals surface area (Å²) in [4.78, 5) is 15.0. The smallest absolute Gasteiger partial charge is 0.225 e. The molecule has 148 valence electrons. The fourth-order valence-corrected chi connectivity index (χ4v) is 3.30. The molecule has 0 amide bonds. The molecular weight excluding hydrogens is 378 g/mol. The lowest BCUT2D eigenvalue weighted by Crippen LogP contribution is -2.10. The molecule has 0 saturated carbocycles. The van der Waals surface area contributed by atoms with Crippen LogP contribution in [0.1, 0.15) is 18.5 Å². The maximum atomic E-state index is 4.69. The first kappa shape index (κ1) is 17.9. The minimum atomic E-state index is 0.0790. The van der Waals surface area contributed by atoms with Gasteiger partial charge in [0.2, 0.25) is 11.8 Å². The van der Waals surface area contributed by atoms with Gasteiger partial charge in [0, 0.05) is 11.8 Å². The van der Waals surface area contributed by atoms with Crippen LogP contribution in [0.3, 0.4) is 0 Å². The second-order valence-corrected chi connectivity index (χ2v) is 6.94. The fourth-order valence-electron chi connectivity index (χ4n) is 3.30. The molecule has 3 aromatic heterocycles. The van der Waals surface area contributed by atoms with Crippen LogP contribution in [0, 0.1) is 0 Å². The quantitative estimate of drug-likeness (QED) is 0.486. The summed E-state index contributed by atoms with van der Waals surface area (Å²) in [7, 11) is 1.74. The highest BCUT2D eigenvalue weighted by Crippen LogP contribution is 2.24. The van der Waals surface area contributed by atoms with Crippen molar-refractivity contribution in [2.45, 2.75) is 13.0 Å². The summed E-state index contributed by atoms with van der Waals surface area (Å²) in [5.41, 5.74) is 3.79. The minimum Gasteiger partial charge on any atom is -0.348 e. The number of nitrogens with zero attached hydrogens (tertiary/aromatic N) is 8. The van der Waals surface area contributed by atoms with Crippen molar-refractivity contribution in [1.82, 2.24) is 39.7 Å². The highest BCUT2D eigenvalue weighted by atomic mass is 15.6. The summed E-state index contributed by atoms with van der Waals surface area (Å²) >= 11 is 0.